The Balaban J connectivity index is 0.00000200. The van der Waals surface area contributed by atoms with Gasteiger partial charge in [0, 0.05) is 22.1 Å². The molecule has 0 aromatic heterocycles. The maximum Gasteiger partial charge on any atom is 0.130 e. The van der Waals surface area contributed by atoms with Gasteiger partial charge in [-0.05, 0) is 25.2 Å². The summed E-state index contributed by atoms with van der Waals surface area (Å²) in [5.74, 6) is 0.514. The average molecular weight is 361 g/mol. The molecule has 0 spiro atoms. The molecule has 0 bridgehead atoms. The molecule has 0 fully saturated rings. The van der Waals surface area contributed by atoms with Crippen molar-refractivity contribution in [3.63, 3.8) is 0 Å². The van der Waals surface area contributed by atoms with Crippen molar-refractivity contribution < 1.29 is 9.13 Å². The fraction of sp³-hybridized carbons (Fsp3) is 0.200. The van der Waals surface area contributed by atoms with Gasteiger partial charge in [0.15, 0.2) is 0 Å². The molecule has 1 N–H and O–H groups in total. The minimum Gasteiger partial charge on any atom is -0.488 e. The molecule has 0 aliphatic carbocycles. The summed E-state index contributed by atoms with van der Waals surface area (Å²) in [4.78, 5) is 0. The number of hydrogen-bond acceptors (Lipinski definition) is 2. The maximum atomic E-state index is 13.7. The van der Waals surface area contributed by atoms with Crippen molar-refractivity contribution >= 4 is 28.3 Å². The predicted molar refractivity (Wildman–Crippen MR) is 84.9 cm³/mol. The van der Waals surface area contributed by atoms with E-state index in [0.717, 1.165) is 22.3 Å². The Kier molecular flexibility index (Phi) is 6.99. The fourth-order valence-corrected chi connectivity index (χ4v) is 2.11. The molecule has 20 heavy (non-hydrogen) atoms. The highest BCUT2D eigenvalue weighted by molar-refractivity contribution is 9.10. The van der Waals surface area contributed by atoms with Crippen molar-refractivity contribution in [3.8, 4) is 5.75 Å². The third-order valence-electron chi connectivity index (χ3n) is 2.74. The monoisotopic (exact) mass is 359 g/mol. The molecule has 0 saturated heterocycles. The van der Waals surface area contributed by atoms with Gasteiger partial charge in [-0.3, -0.25) is 0 Å². The molecule has 0 radical (unpaired) electrons. The van der Waals surface area contributed by atoms with Crippen LogP contribution in [-0.2, 0) is 13.2 Å². The molecule has 2 aromatic rings. The van der Waals surface area contributed by atoms with Gasteiger partial charge in [0.1, 0.15) is 18.2 Å². The molecule has 0 atom stereocenters. The minimum atomic E-state index is -0.263. The number of rotatable bonds is 5. The molecule has 2 aromatic carbocycles. The van der Waals surface area contributed by atoms with E-state index in [1.807, 2.05) is 31.3 Å². The van der Waals surface area contributed by atoms with Crippen LogP contribution in [0.15, 0.2) is 46.9 Å². The number of ether oxygens (including phenoxy) is 1. The summed E-state index contributed by atoms with van der Waals surface area (Å²) in [6, 6.07) is 12.7. The van der Waals surface area contributed by atoms with Gasteiger partial charge in [0.2, 0.25) is 0 Å². The first-order chi connectivity index (χ1) is 9.20. The van der Waals surface area contributed by atoms with Crippen LogP contribution in [0.5, 0.6) is 5.75 Å². The van der Waals surface area contributed by atoms with Crippen molar-refractivity contribution in [1.29, 1.82) is 0 Å². The van der Waals surface area contributed by atoms with E-state index in [1.165, 1.54) is 6.07 Å². The summed E-state index contributed by atoms with van der Waals surface area (Å²) in [7, 11) is 1.88. The first-order valence-corrected chi connectivity index (χ1v) is 6.79. The van der Waals surface area contributed by atoms with Crippen LogP contribution in [0.25, 0.3) is 0 Å². The van der Waals surface area contributed by atoms with Crippen LogP contribution in [-0.4, -0.2) is 7.05 Å². The van der Waals surface area contributed by atoms with E-state index in [0.29, 0.717) is 5.56 Å². The number of hydrogen-bond donors (Lipinski definition) is 1. The first-order valence-electron chi connectivity index (χ1n) is 6.00. The van der Waals surface area contributed by atoms with Gasteiger partial charge in [0.25, 0.3) is 0 Å². The molecule has 0 saturated carbocycles. The summed E-state index contributed by atoms with van der Waals surface area (Å²) in [6.07, 6.45) is 0. The average Bonchev–Trinajstić information content (AvgIpc) is 2.40. The van der Waals surface area contributed by atoms with Crippen LogP contribution in [0, 0.1) is 5.82 Å². The fourth-order valence-electron chi connectivity index (χ4n) is 1.78. The van der Waals surface area contributed by atoms with Gasteiger partial charge in [0.05, 0.1) is 0 Å². The molecule has 0 aliphatic rings. The Morgan fingerprint density at radius 3 is 2.60 bits per heavy atom. The molecular weight excluding hydrogens is 345 g/mol. The molecule has 2 rings (SSSR count). The van der Waals surface area contributed by atoms with Gasteiger partial charge >= 0.3 is 0 Å². The van der Waals surface area contributed by atoms with Crippen LogP contribution in [0.3, 0.4) is 0 Å². The molecule has 2 nitrogen and oxygen atoms in total. The second-order valence-electron chi connectivity index (χ2n) is 4.16. The smallest absolute Gasteiger partial charge is 0.130 e. The van der Waals surface area contributed by atoms with E-state index in [4.69, 9.17) is 4.74 Å². The largest absolute Gasteiger partial charge is 0.488 e. The topological polar surface area (TPSA) is 21.3 Å². The molecular formula is C15H16BrClFNO. The van der Waals surface area contributed by atoms with Gasteiger partial charge in [-0.15, -0.1) is 12.4 Å². The highest BCUT2D eigenvalue weighted by Crippen LogP contribution is 2.21. The third-order valence-corrected chi connectivity index (χ3v) is 3.23. The lowest BCUT2D eigenvalue weighted by molar-refractivity contribution is 0.296. The number of benzene rings is 2. The van der Waals surface area contributed by atoms with Crippen molar-refractivity contribution in [3.05, 3.63) is 63.9 Å². The zero-order chi connectivity index (χ0) is 13.7. The lowest BCUT2D eigenvalue weighted by Crippen LogP contribution is -2.07. The number of nitrogens with one attached hydrogen (secondary N) is 1. The highest BCUT2D eigenvalue weighted by Gasteiger charge is 2.06. The Morgan fingerprint density at radius 2 is 1.90 bits per heavy atom. The lowest BCUT2D eigenvalue weighted by atomic mass is 10.2. The Hall–Kier alpha value is -1.10. The zero-order valence-electron chi connectivity index (χ0n) is 11.0. The third kappa shape index (κ3) is 4.47. The highest BCUT2D eigenvalue weighted by atomic mass is 79.9. The van der Waals surface area contributed by atoms with Gasteiger partial charge in [-0.2, -0.15) is 0 Å². The second kappa shape index (κ2) is 8.25. The van der Waals surface area contributed by atoms with Gasteiger partial charge in [-0.25, -0.2) is 4.39 Å². The second-order valence-corrected chi connectivity index (χ2v) is 5.08. The Labute approximate surface area is 132 Å². The maximum absolute atomic E-state index is 13.7. The van der Waals surface area contributed by atoms with Gasteiger partial charge < -0.3 is 10.1 Å². The Morgan fingerprint density at radius 1 is 1.15 bits per heavy atom. The summed E-state index contributed by atoms with van der Waals surface area (Å²) in [6.45, 7) is 0.943. The molecule has 5 heteroatoms. The van der Waals surface area contributed by atoms with Crippen LogP contribution < -0.4 is 10.1 Å². The predicted octanol–water partition coefficient (Wildman–Crippen LogP) is 4.31. The van der Waals surface area contributed by atoms with Gasteiger partial charge in [-0.1, -0.05) is 40.2 Å². The molecule has 0 aliphatic heterocycles. The summed E-state index contributed by atoms with van der Waals surface area (Å²) in [5, 5.41) is 3.08. The quantitative estimate of drug-likeness (QED) is 0.858. The summed E-state index contributed by atoms with van der Waals surface area (Å²) < 4.78 is 20.1. The lowest BCUT2D eigenvalue weighted by Gasteiger charge is -2.11. The van der Waals surface area contributed by atoms with Crippen LogP contribution in [0.1, 0.15) is 11.1 Å². The Bertz CT molecular complexity index is 565. The number of para-hydroxylation sites is 1. The van der Waals surface area contributed by atoms with E-state index in [9.17, 15) is 4.39 Å². The minimum absolute atomic E-state index is 0. The zero-order valence-corrected chi connectivity index (χ0v) is 13.4. The van der Waals surface area contributed by atoms with E-state index in [2.05, 4.69) is 21.2 Å². The van der Waals surface area contributed by atoms with Crippen LogP contribution >= 0.6 is 28.3 Å². The molecule has 108 valence electrons. The van der Waals surface area contributed by atoms with Crippen LogP contribution in [0.4, 0.5) is 4.39 Å². The normalized spacial score (nSPS) is 9.95. The number of halogens is 3. The SMILES string of the molecule is CNCc1ccccc1OCc1ccc(Br)cc1F.Cl. The van der Waals surface area contributed by atoms with Crippen molar-refractivity contribution in [2.45, 2.75) is 13.2 Å². The molecule has 0 heterocycles. The summed E-state index contributed by atoms with van der Waals surface area (Å²) >= 11 is 3.24. The van der Waals surface area contributed by atoms with E-state index in [1.54, 1.807) is 12.1 Å². The van der Waals surface area contributed by atoms with E-state index < -0.39 is 0 Å². The first kappa shape index (κ1) is 17.0. The summed E-state index contributed by atoms with van der Waals surface area (Å²) in [5.41, 5.74) is 1.60. The van der Waals surface area contributed by atoms with Crippen molar-refractivity contribution in [1.82, 2.24) is 5.32 Å². The van der Waals surface area contributed by atoms with Crippen molar-refractivity contribution in [2.75, 3.05) is 7.05 Å². The van der Waals surface area contributed by atoms with E-state index >= 15 is 0 Å². The standard InChI is InChI=1S/C15H15BrFNO.ClH/c1-18-9-11-4-2-3-5-15(11)19-10-12-6-7-13(16)8-14(12)17;/h2-8,18H,9-10H2,1H3;1H. The van der Waals surface area contributed by atoms with Crippen LogP contribution in [0.2, 0.25) is 0 Å². The van der Waals surface area contributed by atoms with Crippen molar-refractivity contribution in [2.24, 2.45) is 0 Å². The molecule has 0 unspecified atom stereocenters. The molecule has 0 amide bonds. The van der Waals surface area contributed by atoms with E-state index in [-0.39, 0.29) is 24.8 Å².